The smallest absolute Gasteiger partial charge is 0.426 e. The van der Waals surface area contributed by atoms with Gasteiger partial charge in [-0.2, -0.15) is 13.2 Å². The first-order valence-electron chi connectivity index (χ1n) is 10.5. The van der Waals surface area contributed by atoms with E-state index in [1.807, 2.05) is 25.1 Å². The highest BCUT2D eigenvalue weighted by Crippen LogP contribution is 2.43. The van der Waals surface area contributed by atoms with E-state index in [0.717, 1.165) is 16.6 Å². The number of ether oxygens (including phenoxy) is 1. The number of benzene rings is 2. The van der Waals surface area contributed by atoms with E-state index in [-0.39, 0.29) is 18.6 Å². The molecule has 33 heavy (non-hydrogen) atoms. The number of hydrogen-bond donors (Lipinski definition) is 1. The Labute approximate surface area is 192 Å². The van der Waals surface area contributed by atoms with Gasteiger partial charge in [-0.05, 0) is 49.2 Å². The van der Waals surface area contributed by atoms with E-state index in [4.69, 9.17) is 9.84 Å². The Bertz CT molecular complexity index is 1280. The fourth-order valence-corrected chi connectivity index (χ4v) is 4.88. The number of hydrogen-bond acceptors (Lipinski definition) is 3. The van der Waals surface area contributed by atoms with E-state index in [1.165, 1.54) is 0 Å². The number of nitrogens with zero attached hydrogens (tertiary/aromatic N) is 1. The second-order valence-corrected chi connectivity index (χ2v) is 8.74. The van der Waals surface area contributed by atoms with Gasteiger partial charge in [-0.1, -0.05) is 30.3 Å². The maximum Gasteiger partial charge on any atom is 0.426 e. The first-order valence-corrected chi connectivity index (χ1v) is 11.3. The zero-order chi connectivity index (χ0) is 23.6. The fraction of sp³-hybridized carbons (Fsp3) is 0.240. The molecule has 0 spiro atoms. The zero-order valence-corrected chi connectivity index (χ0v) is 18.7. The highest BCUT2D eigenvalue weighted by atomic mass is 32.1. The minimum atomic E-state index is -4.44. The van der Waals surface area contributed by atoms with E-state index in [9.17, 15) is 18.0 Å². The number of aromatic nitrogens is 1. The molecule has 0 aliphatic heterocycles. The summed E-state index contributed by atoms with van der Waals surface area (Å²) in [6.07, 6.45) is -3.97. The van der Waals surface area contributed by atoms with Crippen LogP contribution in [0.1, 0.15) is 28.8 Å². The van der Waals surface area contributed by atoms with Crippen molar-refractivity contribution in [3.05, 3.63) is 76.1 Å². The van der Waals surface area contributed by atoms with Gasteiger partial charge in [-0.15, -0.1) is 11.3 Å². The van der Waals surface area contributed by atoms with Crippen molar-refractivity contribution in [1.82, 2.24) is 4.57 Å². The largest absolute Gasteiger partial charge is 0.488 e. The molecule has 4 rings (SSSR count). The zero-order valence-electron chi connectivity index (χ0n) is 17.9. The van der Waals surface area contributed by atoms with Crippen LogP contribution >= 0.6 is 11.3 Å². The number of carbonyl (C=O) groups is 1. The van der Waals surface area contributed by atoms with Gasteiger partial charge >= 0.3 is 12.1 Å². The van der Waals surface area contributed by atoms with Gasteiger partial charge in [0.15, 0.2) is 0 Å². The Morgan fingerprint density at radius 3 is 2.52 bits per heavy atom. The van der Waals surface area contributed by atoms with Crippen molar-refractivity contribution in [2.75, 3.05) is 0 Å². The Morgan fingerprint density at radius 1 is 1.09 bits per heavy atom. The quantitative estimate of drug-likeness (QED) is 0.300. The summed E-state index contributed by atoms with van der Waals surface area (Å²) in [6, 6.07) is 17.5. The number of aliphatic carboxylic acids is 1. The molecule has 0 aliphatic carbocycles. The molecule has 8 heteroatoms. The molecular weight excluding hydrogens is 451 g/mol. The molecule has 172 valence electrons. The average molecular weight is 474 g/mol. The van der Waals surface area contributed by atoms with Crippen molar-refractivity contribution in [2.45, 2.75) is 39.1 Å². The Kier molecular flexibility index (Phi) is 6.47. The summed E-state index contributed by atoms with van der Waals surface area (Å²) in [7, 11) is 0. The lowest BCUT2D eigenvalue weighted by atomic mass is 10.1. The molecule has 0 fully saturated rings. The number of halogens is 3. The van der Waals surface area contributed by atoms with Crippen molar-refractivity contribution >= 4 is 28.2 Å². The molecule has 0 amide bonds. The van der Waals surface area contributed by atoms with Crippen LogP contribution in [0.15, 0.2) is 60.7 Å². The Hall–Kier alpha value is -3.26. The summed E-state index contributed by atoms with van der Waals surface area (Å²) in [5.41, 5.74) is 2.56. The van der Waals surface area contributed by atoms with Gasteiger partial charge in [-0.25, -0.2) is 0 Å². The monoisotopic (exact) mass is 473 g/mol. The summed E-state index contributed by atoms with van der Waals surface area (Å²) < 4.78 is 48.7. The molecule has 1 N–H and O–H groups in total. The highest BCUT2D eigenvalue weighted by Gasteiger charge is 2.36. The lowest BCUT2D eigenvalue weighted by Gasteiger charge is -2.08. The summed E-state index contributed by atoms with van der Waals surface area (Å²) in [4.78, 5) is 10.8. The molecule has 0 radical (unpaired) electrons. The minimum absolute atomic E-state index is 0.0203. The second-order valence-electron chi connectivity index (χ2n) is 7.60. The van der Waals surface area contributed by atoms with Crippen molar-refractivity contribution in [1.29, 1.82) is 0 Å². The molecular formula is C25H22F3NO3S. The molecule has 0 atom stereocenters. The van der Waals surface area contributed by atoms with E-state index in [1.54, 1.807) is 42.5 Å². The fourth-order valence-electron chi connectivity index (χ4n) is 3.92. The Balaban J connectivity index is 1.57. The SMILES string of the molecule is CCn1c(CCC(=O)O)cc2cc(OCc3cc(-c4ccccc4)c(C(F)(F)F)s3)ccc21. The van der Waals surface area contributed by atoms with Crippen molar-refractivity contribution in [3.63, 3.8) is 0 Å². The first kappa shape index (κ1) is 22.9. The maximum absolute atomic E-state index is 13.6. The number of alkyl halides is 3. The summed E-state index contributed by atoms with van der Waals surface area (Å²) in [6.45, 7) is 2.72. The number of fused-ring (bicyclic) bond motifs is 1. The standard InChI is InChI=1S/C25H22F3NO3S/c1-2-29-18(8-11-23(30)31)12-17-13-19(9-10-22(17)29)32-15-20-14-21(16-6-4-3-5-7-16)24(33-20)25(26,27)28/h3-7,9-10,12-14H,2,8,11,15H2,1H3,(H,30,31). The van der Waals surface area contributed by atoms with E-state index in [0.29, 0.717) is 40.5 Å². The van der Waals surface area contributed by atoms with Crippen LogP contribution in [0.3, 0.4) is 0 Å². The second kappa shape index (κ2) is 9.31. The first-order chi connectivity index (χ1) is 15.8. The van der Waals surface area contributed by atoms with Crippen molar-refractivity contribution in [3.8, 4) is 16.9 Å². The topological polar surface area (TPSA) is 51.5 Å². The molecule has 4 nitrogen and oxygen atoms in total. The van der Waals surface area contributed by atoms with Crippen molar-refractivity contribution in [2.24, 2.45) is 0 Å². The molecule has 0 saturated carbocycles. The number of aryl methyl sites for hydroxylation is 2. The summed E-state index contributed by atoms with van der Waals surface area (Å²) >= 11 is 0.694. The molecule has 0 bridgehead atoms. The normalized spacial score (nSPS) is 11.8. The van der Waals surface area contributed by atoms with Crippen LogP contribution in [-0.2, 0) is 30.5 Å². The molecule has 2 heterocycles. The van der Waals surface area contributed by atoms with Crippen LogP contribution in [0.2, 0.25) is 0 Å². The van der Waals surface area contributed by atoms with E-state index in [2.05, 4.69) is 4.57 Å². The molecule has 2 aromatic heterocycles. The van der Waals surface area contributed by atoms with E-state index < -0.39 is 17.0 Å². The summed E-state index contributed by atoms with van der Waals surface area (Å²) in [5.74, 6) is -0.306. The van der Waals surface area contributed by atoms with Gasteiger partial charge in [0.2, 0.25) is 0 Å². The van der Waals surface area contributed by atoms with Crippen molar-refractivity contribution < 1.29 is 27.8 Å². The number of thiophene rings is 1. The molecule has 0 aliphatic rings. The van der Waals surface area contributed by atoms with Crippen LogP contribution < -0.4 is 4.74 Å². The molecule has 0 unspecified atom stereocenters. The predicted molar refractivity (Wildman–Crippen MR) is 123 cm³/mol. The van der Waals surface area contributed by atoms with Gasteiger partial charge in [-0.3, -0.25) is 4.79 Å². The number of carboxylic acids is 1. The third-order valence-corrected chi connectivity index (χ3v) is 6.53. The minimum Gasteiger partial charge on any atom is -0.488 e. The molecule has 4 aromatic rings. The van der Waals surface area contributed by atoms with Crippen LogP contribution in [0, 0.1) is 0 Å². The van der Waals surface area contributed by atoms with Crippen LogP contribution in [0.5, 0.6) is 5.75 Å². The van der Waals surface area contributed by atoms with Gasteiger partial charge in [0.25, 0.3) is 0 Å². The van der Waals surface area contributed by atoms with Crippen LogP contribution in [0.25, 0.3) is 22.0 Å². The number of rotatable bonds is 8. The van der Waals surface area contributed by atoms with Gasteiger partial charge in [0.1, 0.15) is 17.2 Å². The predicted octanol–water partition coefficient (Wildman–Crippen LogP) is 7.00. The molecule has 2 aromatic carbocycles. The van der Waals surface area contributed by atoms with Gasteiger partial charge in [0, 0.05) is 33.6 Å². The van der Waals surface area contributed by atoms with Gasteiger partial charge in [0.05, 0.1) is 6.42 Å². The van der Waals surface area contributed by atoms with Crippen LogP contribution in [0.4, 0.5) is 13.2 Å². The Morgan fingerprint density at radius 2 is 1.85 bits per heavy atom. The van der Waals surface area contributed by atoms with E-state index >= 15 is 0 Å². The molecule has 0 saturated heterocycles. The maximum atomic E-state index is 13.6. The van der Waals surface area contributed by atoms with Crippen LogP contribution in [-0.4, -0.2) is 15.6 Å². The third kappa shape index (κ3) is 5.06. The highest BCUT2D eigenvalue weighted by molar-refractivity contribution is 7.12. The van der Waals surface area contributed by atoms with Gasteiger partial charge < -0.3 is 14.4 Å². The third-order valence-electron chi connectivity index (χ3n) is 5.38. The lowest BCUT2D eigenvalue weighted by molar-refractivity contribution is -0.137. The lowest BCUT2D eigenvalue weighted by Crippen LogP contribution is -2.04. The number of carboxylic acid groups (broad SMARTS) is 1. The average Bonchev–Trinajstić information content (AvgIpc) is 3.37. The summed E-state index contributed by atoms with van der Waals surface area (Å²) in [5, 5.41) is 9.89.